The Labute approximate surface area is 124 Å². The quantitative estimate of drug-likeness (QED) is 0.856. The van der Waals surface area contributed by atoms with Gasteiger partial charge in [0.2, 0.25) is 0 Å². The SMILES string of the molecule is CN(C)CCCNc1nccc2cc3c(cc12)OCCO3. The summed E-state index contributed by atoms with van der Waals surface area (Å²) in [6.07, 6.45) is 2.91. The lowest BCUT2D eigenvalue weighted by atomic mass is 10.1. The van der Waals surface area contributed by atoms with E-state index in [4.69, 9.17) is 9.47 Å². The van der Waals surface area contributed by atoms with Crippen LogP contribution in [0.3, 0.4) is 0 Å². The first kappa shape index (κ1) is 13.9. The summed E-state index contributed by atoms with van der Waals surface area (Å²) >= 11 is 0. The fourth-order valence-electron chi connectivity index (χ4n) is 2.45. The Morgan fingerprint density at radius 1 is 1.19 bits per heavy atom. The molecule has 3 rings (SSSR count). The number of hydrogen-bond donors (Lipinski definition) is 1. The Kier molecular flexibility index (Phi) is 4.10. The van der Waals surface area contributed by atoms with Crippen LogP contribution in [0.2, 0.25) is 0 Å². The molecule has 0 spiro atoms. The van der Waals surface area contributed by atoms with Crippen LogP contribution in [0.5, 0.6) is 11.5 Å². The van der Waals surface area contributed by atoms with E-state index >= 15 is 0 Å². The third-order valence-electron chi connectivity index (χ3n) is 3.50. The summed E-state index contributed by atoms with van der Waals surface area (Å²) < 4.78 is 11.3. The van der Waals surface area contributed by atoms with Gasteiger partial charge in [0.05, 0.1) is 0 Å². The minimum Gasteiger partial charge on any atom is -0.486 e. The summed E-state index contributed by atoms with van der Waals surface area (Å²) in [5.41, 5.74) is 0. The van der Waals surface area contributed by atoms with Gasteiger partial charge in [0.1, 0.15) is 19.0 Å². The van der Waals surface area contributed by atoms with Crippen molar-refractivity contribution in [2.24, 2.45) is 0 Å². The summed E-state index contributed by atoms with van der Waals surface area (Å²) in [5, 5.41) is 5.61. The monoisotopic (exact) mass is 287 g/mol. The van der Waals surface area contributed by atoms with E-state index in [1.165, 1.54) is 0 Å². The summed E-state index contributed by atoms with van der Waals surface area (Å²) in [5.74, 6) is 2.53. The Bertz CT molecular complexity index is 628. The summed E-state index contributed by atoms with van der Waals surface area (Å²) in [6, 6.07) is 6.04. The molecule has 0 saturated heterocycles. The van der Waals surface area contributed by atoms with Gasteiger partial charge in [0, 0.05) is 18.1 Å². The first-order valence-corrected chi connectivity index (χ1v) is 7.31. The van der Waals surface area contributed by atoms with Crippen molar-refractivity contribution < 1.29 is 9.47 Å². The van der Waals surface area contributed by atoms with Crippen LogP contribution in [0.1, 0.15) is 6.42 Å². The largest absolute Gasteiger partial charge is 0.486 e. The molecule has 1 aliphatic rings. The van der Waals surface area contributed by atoms with Gasteiger partial charge in [-0.2, -0.15) is 0 Å². The van der Waals surface area contributed by atoms with Crippen molar-refractivity contribution in [3.8, 4) is 11.5 Å². The number of nitrogens with one attached hydrogen (secondary N) is 1. The zero-order chi connectivity index (χ0) is 14.7. The molecule has 0 saturated carbocycles. The normalized spacial score (nSPS) is 13.7. The second-order valence-electron chi connectivity index (χ2n) is 5.46. The number of benzene rings is 1. The van der Waals surface area contributed by atoms with Gasteiger partial charge in [-0.3, -0.25) is 0 Å². The van der Waals surface area contributed by atoms with E-state index in [1.807, 2.05) is 24.4 Å². The summed E-state index contributed by atoms with van der Waals surface area (Å²) in [7, 11) is 4.17. The molecule has 1 aliphatic heterocycles. The maximum Gasteiger partial charge on any atom is 0.162 e. The molecule has 0 bridgehead atoms. The van der Waals surface area contributed by atoms with Gasteiger partial charge in [0.25, 0.3) is 0 Å². The van der Waals surface area contributed by atoms with Crippen LogP contribution in [0, 0.1) is 0 Å². The lowest BCUT2D eigenvalue weighted by molar-refractivity contribution is 0.172. The molecule has 0 unspecified atom stereocenters. The first-order valence-electron chi connectivity index (χ1n) is 7.31. The van der Waals surface area contributed by atoms with Crippen LogP contribution in [0.4, 0.5) is 5.82 Å². The second-order valence-corrected chi connectivity index (χ2v) is 5.46. The van der Waals surface area contributed by atoms with E-state index in [9.17, 15) is 0 Å². The van der Waals surface area contributed by atoms with E-state index in [0.717, 1.165) is 47.6 Å². The Balaban J connectivity index is 1.81. The minimum atomic E-state index is 0.602. The van der Waals surface area contributed by atoms with Gasteiger partial charge in [-0.25, -0.2) is 4.98 Å². The highest BCUT2D eigenvalue weighted by molar-refractivity contribution is 5.94. The molecule has 1 N–H and O–H groups in total. The third-order valence-corrected chi connectivity index (χ3v) is 3.50. The molecule has 0 radical (unpaired) electrons. The van der Waals surface area contributed by atoms with Crippen molar-refractivity contribution >= 4 is 16.6 Å². The third kappa shape index (κ3) is 3.19. The fraction of sp³-hybridized carbons (Fsp3) is 0.438. The highest BCUT2D eigenvalue weighted by Crippen LogP contribution is 2.36. The highest BCUT2D eigenvalue weighted by atomic mass is 16.6. The fourth-order valence-corrected chi connectivity index (χ4v) is 2.45. The molecule has 2 aromatic rings. The van der Waals surface area contributed by atoms with Gasteiger partial charge in [-0.1, -0.05) is 0 Å². The van der Waals surface area contributed by atoms with E-state index in [-0.39, 0.29) is 0 Å². The average Bonchev–Trinajstić information content (AvgIpc) is 2.49. The van der Waals surface area contributed by atoms with E-state index < -0.39 is 0 Å². The zero-order valence-corrected chi connectivity index (χ0v) is 12.6. The van der Waals surface area contributed by atoms with Crippen LogP contribution >= 0.6 is 0 Å². The minimum absolute atomic E-state index is 0.602. The van der Waals surface area contributed by atoms with Crippen LogP contribution in [-0.4, -0.2) is 50.3 Å². The first-order chi connectivity index (χ1) is 10.2. The number of rotatable bonds is 5. The number of aromatic nitrogens is 1. The summed E-state index contributed by atoms with van der Waals surface area (Å²) in [4.78, 5) is 6.63. The Morgan fingerprint density at radius 3 is 2.71 bits per heavy atom. The predicted octanol–water partition coefficient (Wildman–Crippen LogP) is 2.37. The van der Waals surface area contributed by atoms with Crippen molar-refractivity contribution in [1.82, 2.24) is 9.88 Å². The molecule has 0 atom stereocenters. The molecule has 0 fully saturated rings. The highest BCUT2D eigenvalue weighted by Gasteiger charge is 2.14. The van der Waals surface area contributed by atoms with Crippen molar-refractivity contribution in [2.75, 3.05) is 45.7 Å². The Hall–Kier alpha value is -2.01. The van der Waals surface area contributed by atoms with Crippen LogP contribution in [-0.2, 0) is 0 Å². The van der Waals surface area contributed by atoms with Crippen molar-refractivity contribution in [1.29, 1.82) is 0 Å². The van der Waals surface area contributed by atoms with Gasteiger partial charge in [-0.05, 0) is 50.6 Å². The molecule has 0 aliphatic carbocycles. The lowest BCUT2D eigenvalue weighted by Crippen LogP contribution is -2.17. The van der Waals surface area contributed by atoms with Crippen molar-refractivity contribution in [3.63, 3.8) is 0 Å². The van der Waals surface area contributed by atoms with Crippen LogP contribution < -0.4 is 14.8 Å². The number of nitrogens with zero attached hydrogens (tertiary/aromatic N) is 2. The average molecular weight is 287 g/mol. The number of pyridine rings is 1. The van der Waals surface area contributed by atoms with Crippen molar-refractivity contribution in [3.05, 3.63) is 24.4 Å². The number of fused-ring (bicyclic) bond motifs is 2. The lowest BCUT2D eigenvalue weighted by Gasteiger charge is -2.19. The number of hydrogen-bond acceptors (Lipinski definition) is 5. The number of anilines is 1. The molecule has 112 valence electrons. The zero-order valence-electron chi connectivity index (χ0n) is 12.6. The maximum atomic E-state index is 5.66. The molecule has 0 amide bonds. The molecular formula is C16H21N3O2. The van der Waals surface area contributed by atoms with E-state index in [1.54, 1.807) is 0 Å². The molecule has 21 heavy (non-hydrogen) atoms. The molecule has 1 aromatic carbocycles. The molecule has 1 aromatic heterocycles. The molecule has 2 heterocycles. The summed E-state index contributed by atoms with van der Waals surface area (Å²) in [6.45, 7) is 3.17. The number of ether oxygens (including phenoxy) is 2. The topological polar surface area (TPSA) is 46.6 Å². The maximum absolute atomic E-state index is 5.66. The van der Waals surface area contributed by atoms with Crippen molar-refractivity contribution in [2.45, 2.75) is 6.42 Å². The van der Waals surface area contributed by atoms with Gasteiger partial charge in [0.15, 0.2) is 11.5 Å². The molecule has 5 nitrogen and oxygen atoms in total. The molecular weight excluding hydrogens is 266 g/mol. The second kappa shape index (κ2) is 6.18. The standard InChI is InChI=1S/C16H21N3O2/c1-19(2)7-3-5-17-16-13-11-15-14(20-8-9-21-15)10-12(13)4-6-18-16/h4,6,10-11H,3,5,7-9H2,1-2H3,(H,17,18). The Morgan fingerprint density at radius 2 is 1.95 bits per heavy atom. The molecule has 5 heteroatoms. The van der Waals surface area contributed by atoms with E-state index in [2.05, 4.69) is 29.3 Å². The van der Waals surface area contributed by atoms with Crippen LogP contribution in [0.25, 0.3) is 10.8 Å². The van der Waals surface area contributed by atoms with Crippen LogP contribution in [0.15, 0.2) is 24.4 Å². The van der Waals surface area contributed by atoms with Gasteiger partial charge >= 0.3 is 0 Å². The smallest absolute Gasteiger partial charge is 0.162 e. The van der Waals surface area contributed by atoms with E-state index in [0.29, 0.717) is 13.2 Å². The van der Waals surface area contributed by atoms with Gasteiger partial charge in [-0.15, -0.1) is 0 Å². The van der Waals surface area contributed by atoms with Gasteiger partial charge < -0.3 is 19.7 Å². The predicted molar refractivity (Wildman–Crippen MR) is 84.4 cm³/mol.